The molecule has 0 radical (unpaired) electrons. The number of nitriles is 1. The zero-order chi connectivity index (χ0) is 14.7. The molecule has 7 nitrogen and oxygen atoms in total. The summed E-state index contributed by atoms with van der Waals surface area (Å²) in [5.74, 6) is 0.616. The molecule has 0 spiro atoms. The van der Waals surface area contributed by atoms with E-state index in [1.54, 1.807) is 23.4 Å². The lowest BCUT2D eigenvalue weighted by Gasteiger charge is -2.23. The van der Waals surface area contributed by atoms with Gasteiger partial charge in [0.2, 0.25) is 11.9 Å². The Kier molecular flexibility index (Phi) is 5.52. The summed E-state index contributed by atoms with van der Waals surface area (Å²) >= 11 is 0. The van der Waals surface area contributed by atoms with Gasteiger partial charge < -0.3 is 15.5 Å². The third-order valence-corrected chi connectivity index (χ3v) is 4.01. The number of nitrogens with zero attached hydrogens (tertiary/aromatic N) is 4. The van der Waals surface area contributed by atoms with Crippen molar-refractivity contribution in [3.63, 3.8) is 0 Å². The van der Waals surface area contributed by atoms with Crippen LogP contribution in [0.25, 0.3) is 0 Å². The Hall–Kier alpha value is -1.91. The van der Waals surface area contributed by atoms with E-state index in [1.807, 2.05) is 0 Å². The van der Waals surface area contributed by atoms with Crippen molar-refractivity contribution in [1.82, 2.24) is 20.2 Å². The predicted octanol–water partition coefficient (Wildman–Crippen LogP) is 0.555. The van der Waals surface area contributed by atoms with Gasteiger partial charge in [0.1, 0.15) is 6.04 Å². The van der Waals surface area contributed by atoms with Crippen LogP contribution in [0.3, 0.4) is 0 Å². The summed E-state index contributed by atoms with van der Waals surface area (Å²) in [5.41, 5.74) is 0. The van der Waals surface area contributed by atoms with Crippen molar-refractivity contribution in [2.75, 3.05) is 18.4 Å². The number of carbonyl (C=O) groups excluding carboxylic acids is 1. The monoisotopic (exact) mass is 322 g/mol. The summed E-state index contributed by atoms with van der Waals surface area (Å²) in [7, 11) is 0. The Morgan fingerprint density at radius 1 is 1.45 bits per heavy atom. The Morgan fingerprint density at radius 2 is 2.23 bits per heavy atom. The highest BCUT2D eigenvalue weighted by atomic mass is 35.5. The number of rotatable bonds is 3. The van der Waals surface area contributed by atoms with Crippen LogP contribution in [0.2, 0.25) is 0 Å². The third-order valence-electron chi connectivity index (χ3n) is 4.01. The molecule has 2 saturated heterocycles. The van der Waals surface area contributed by atoms with E-state index >= 15 is 0 Å². The average molecular weight is 323 g/mol. The maximum absolute atomic E-state index is 12.5. The molecule has 2 aliphatic heterocycles. The highest BCUT2D eigenvalue weighted by molar-refractivity contribution is 5.85. The fraction of sp³-hybridized carbons (Fsp3) is 0.571. The quantitative estimate of drug-likeness (QED) is 0.844. The molecule has 2 fully saturated rings. The molecule has 0 unspecified atom stereocenters. The number of aromatic nitrogens is 2. The second-order valence-corrected chi connectivity index (χ2v) is 5.43. The third kappa shape index (κ3) is 3.46. The van der Waals surface area contributed by atoms with E-state index in [-0.39, 0.29) is 36.4 Å². The van der Waals surface area contributed by atoms with Gasteiger partial charge >= 0.3 is 0 Å². The topological polar surface area (TPSA) is 93.9 Å². The van der Waals surface area contributed by atoms with Crippen molar-refractivity contribution < 1.29 is 4.79 Å². The first-order valence-electron chi connectivity index (χ1n) is 7.25. The molecule has 0 saturated carbocycles. The second-order valence-electron chi connectivity index (χ2n) is 5.43. The molecule has 0 aromatic carbocycles. The highest BCUT2D eigenvalue weighted by Gasteiger charge is 2.37. The largest absolute Gasteiger partial charge is 0.350 e. The predicted molar refractivity (Wildman–Crippen MR) is 83.4 cm³/mol. The van der Waals surface area contributed by atoms with E-state index in [1.165, 1.54) is 0 Å². The van der Waals surface area contributed by atoms with Crippen molar-refractivity contribution >= 4 is 24.3 Å². The van der Waals surface area contributed by atoms with Crippen LogP contribution in [0, 0.1) is 11.3 Å². The molecule has 1 aromatic heterocycles. The molecule has 2 aliphatic rings. The minimum Gasteiger partial charge on any atom is -0.350 e. The number of halogens is 1. The van der Waals surface area contributed by atoms with Crippen LogP contribution in [0.5, 0.6) is 0 Å². The summed E-state index contributed by atoms with van der Waals surface area (Å²) in [5, 5.41) is 15.5. The zero-order valence-corrected chi connectivity index (χ0v) is 12.9. The smallest absolute Gasteiger partial charge is 0.240 e. The van der Waals surface area contributed by atoms with Gasteiger partial charge in [0.15, 0.2) is 0 Å². The van der Waals surface area contributed by atoms with Gasteiger partial charge in [0.25, 0.3) is 0 Å². The first-order valence-corrected chi connectivity index (χ1v) is 7.25. The molecule has 0 bridgehead atoms. The molecular formula is C14H19ClN6O. The number of likely N-dealkylation sites (tertiary alicyclic amines) is 1. The highest BCUT2D eigenvalue weighted by Crippen LogP contribution is 2.20. The Morgan fingerprint density at radius 3 is 2.95 bits per heavy atom. The molecule has 1 amide bonds. The maximum atomic E-state index is 12.5. The number of hydrogen-bond donors (Lipinski definition) is 2. The summed E-state index contributed by atoms with van der Waals surface area (Å²) in [4.78, 5) is 22.4. The lowest BCUT2D eigenvalue weighted by molar-refractivity contribution is -0.133. The first-order chi connectivity index (χ1) is 10.3. The van der Waals surface area contributed by atoms with E-state index in [0.29, 0.717) is 25.5 Å². The lowest BCUT2D eigenvalue weighted by Crippen LogP contribution is -2.45. The summed E-state index contributed by atoms with van der Waals surface area (Å²) in [6.07, 6.45) is 5.75. The van der Waals surface area contributed by atoms with Crippen molar-refractivity contribution in [2.24, 2.45) is 0 Å². The minimum atomic E-state index is -0.260. The van der Waals surface area contributed by atoms with E-state index in [0.717, 1.165) is 12.8 Å². The van der Waals surface area contributed by atoms with Gasteiger partial charge in [0.05, 0.1) is 12.1 Å². The van der Waals surface area contributed by atoms with Gasteiger partial charge in [-0.25, -0.2) is 9.97 Å². The lowest BCUT2D eigenvalue weighted by atomic mass is 10.1. The van der Waals surface area contributed by atoms with E-state index in [9.17, 15) is 4.79 Å². The van der Waals surface area contributed by atoms with Gasteiger partial charge in [-0.15, -0.1) is 12.4 Å². The SMILES string of the molecule is Cl.N#C[C@@H]1CCCN1C(=O)[C@@H]1C[C@H](Nc2ncccn2)CN1. The number of nitrogens with one attached hydrogen (secondary N) is 2. The molecule has 0 aliphatic carbocycles. The van der Waals surface area contributed by atoms with Gasteiger partial charge in [-0.2, -0.15) is 5.26 Å². The Labute approximate surface area is 135 Å². The number of anilines is 1. The van der Waals surface area contributed by atoms with Crippen molar-refractivity contribution in [2.45, 2.75) is 37.4 Å². The van der Waals surface area contributed by atoms with Crippen LogP contribution in [0.15, 0.2) is 18.5 Å². The van der Waals surface area contributed by atoms with Gasteiger partial charge in [-0.1, -0.05) is 0 Å². The normalized spacial score (nSPS) is 27.0. The van der Waals surface area contributed by atoms with Crippen molar-refractivity contribution in [3.8, 4) is 6.07 Å². The fourth-order valence-electron chi connectivity index (χ4n) is 2.95. The van der Waals surface area contributed by atoms with Crippen molar-refractivity contribution in [3.05, 3.63) is 18.5 Å². The van der Waals surface area contributed by atoms with Crippen LogP contribution in [-0.4, -0.2) is 52.0 Å². The van der Waals surface area contributed by atoms with Crippen LogP contribution in [0.4, 0.5) is 5.95 Å². The van der Waals surface area contributed by atoms with Gasteiger partial charge in [0, 0.05) is 31.5 Å². The Balaban J connectivity index is 0.00000176. The molecule has 2 N–H and O–H groups in total. The van der Waals surface area contributed by atoms with Crippen LogP contribution >= 0.6 is 12.4 Å². The number of amides is 1. The summed E-state index contributed by atoms with van der Waals surface area (Å²) in [6.45, 7) is 1.38. The number of carbonyl (C=O) groups is 1. The first kappa shape index (κ1) is 16.5. The van der Waals surface area contributed by atoms with Gasteiger partial charge in [-0.3, -0.25) is 4.79 Å². The molecule has 3 atom stereocenters. The molecule has 118 valence electrons. The van der Waals surface area contributed by atoms with Crippen LogP contribution < -0.4 is 10.6 Å². The molecule has 1 aromatic rings. The van der Waals surface area contributed by atoms with Gasteiger partial charge in [-0.05, 0) is 25.3 Å². The Bertz CT molecular complexity index is 548. The standard InChI is InChI=1S/C14H18N6O.ClH/c15-8-11-3-1-6-20(11)13(21)12-7-10(9-18-12)19-14-16-4-2-5-17-14;/h2,4-5,10-12,18H,1,3,6-7,9H2,(H,16,17,19);1H/t10-,11-,12-;/m0./s1. The molecular weight excluding hydrogens is 304 g/mol. The zero-order valence-electron chi connectivity index (χ0n) is 12.1. The number of hydrogen-bond acceptors (Lipinski definition) is 6. The summed E-state index contributed by atoms with van der Waals surface area (Å²) < 4.78 is 0. The molecule has 8 heteroatoms. The van der Waals surface area contributed by atoms with E-state index < -0.39 is 0 Å². The fourth-order valence-corrected chi connectivity index (χ4v) is 2.95. The molecule has 22 heavy (non-hydrogen) atoms. The molecule has 3 rings (SSSR count). The van der Waals surface area contributed by atoms with E-state index in [2.05, 4.69) is 26.7 Å². The molecule has 3 heterocycles. The van der Waals surface area contributed by atoms with Crippen molar-refractivity contribution in [1.29, 1.82) is 5.26 Å². The van der Waals surface area contributed by atoms with Crippen LogP contribution in [-0.2, 0) is 4.79 Å². The maximum Gasteiger partial charge on any atom is 0.240 e. The van der Waals surface area contributed by atoms with Crippen LogP contribution in [0.1, 0.15) is 19.3 Å². The second kappa shape index (κ2) is 7.38. The average Bonchev–Trinajstić information content (AvgIpc) is 3.16. The minimum absolute atomic E-state index is 0. The summed E-state index contributed by atoms with van der Waals surface area (Å²) in [6, 6.07) is 3.62. The van der Waals surface area contributed by atoms with E-state index in [4.69, 9.17) is 5.26 Å².